The smallest absolute Gasteiger partial charge is 0.0899 e. The molecule has 3 aromatic rings. The topological polar surface area (TPSA) is 26.7 Å². The summed E-state index contributed by atoms with van der Waals surface area (Å²) in [5.74, 6) is -0.125. The third kappa shape index (κ3) is 4.32. The van der Waals surface area contributed by atoms with Gasteiger partial charge in [0.05, 0.1) is 6.10 Å². The van der Waals surface area contributed by atoms with E-state index < -0.39 is 6.10 Å². The van der Waals surface area contributed by atoms with Crippen LogP contribution in [0.5, 0.6) is 0 Å². The van der Waals surface area contributed by atoms with Crippen LogP contribution in [0.1, 0.15) is 28.7 Å². The molecule has 0 fully saturated rings. The molecule has 3 nitrogen and oxygen atoms in total. The van der Waals surface area contributed by atoms with Crippen LogP contribution < -0.4 is 9.80 Å². The first kappa shape index (κ1) is 19.0. The molecule has 3 aromatic carbocycles. The van der Waals surface area contributed by atoms with Crippen LogP contribution in [0.4, 0.5) is 11.4 Å². The molecule has 0 spiro atoms. The van der Waals surface area contributed by atoms with Crippen LogP contribution in [0.15, 0.2) is 78.9 Å². The number of anilines is 2. The molecule has 0 aliphatic heterocycles. The van der Waals surface area contributed by atoms with Crippen molar-refractivity contribution in [1.82, 2.24) is 0 Å². The minimum absolute atomic E-state index is 0.125. The Bertz CT molecular complexity index is 788. The monoisotopic (exact) mass is 360 g/mol. The van der Waals surface area contributed by atoms with E-state index in [9.17, 15) is 5.11 Å². The Labute approximate surface area is 162 Å². The first-order valence-corrected chi connectivity index (χ1v) is 9.25. The van der Waals surface area contributed by atoms with Gasteiger partial charge in [-0.25, -0.2) is 0 Å². The molecule has 140 valence electrons. The largest absolute Gasteiger partial charge is 0.387 e. The molecule has 0 aliphatic carbocycles. The Kier molecular flexibility index (Phi) is 5.82. The Morgan fingerprint density at radius 3 is 1.33 bits per heavy atom. The highest BCUT2D eigenvalue weighted by Crippen LogP contribution is 2.37. The normalized spacial score (nSPS) is 12.1. The fraction of sp³-hybridized carbons (Fsp3) is 0.250. The number of hydrogen-bond donors (Lipinski definition) is 1. The summed E-state index contributed by atoms with van der Waals surface area (Å²) >= 11 is 0. The fourth-order valence-corrected chi connectivity index (χ4v) is 3.36. The van der Waals surface area contributed by atoms with Crippen molar-refractivity contribution < 1.29 is 5.11 Å². The van der Waals surface area contributed by atoms with Crippen molar-refractivity contribution in [2.24, 2.45) is 0 Å². The Morgan fingerprint density at radius 1 is 0.556 bits per heavy atom. The van der Waals surface area contributed by atoms with Crippen molar-refractivity contribution in [3.05, 3.63) is 95.6 Å². The highest BCUT2D eigenvalue weighted by molar-refractivity contribution is 5.51. The molecule has 3 heteroatoms. The van der Waals surface area contributed by atoms with Crippen LogP contribution >= 0.6 is 0 Å². The molecule has 0 bridgehead atoms. The van der Waals surface area contributed by atoms with Gasteiger partial charge in [0, 0.05) is 45.5 Å². The lowest BCUT2D eigenvalue weighted by molar-refractivity contribution is 0.159. The first-order chi connectivity index (χ1) is 13.0. The summed E-state index contributed by atoms with van der Waals surface area (Å²) in [5.41, 5.74) is 5.43. The molecule has 0 aromatic heterocycles. The molecule has 3 rings (SSSR count). The van der Waals surface area contributed by atoms with Crippen molar-refractivity contribution in [2.45, 2.75) is 12.0 Å². The van der Waals surface area contributed by atoms with Gasteiger partial charge < -0.3 is 14.9 Å². The second kappa shape index (κ2) is 8.28. The second-order valence-corrected chi connectivity index (χ2v) is 7.31. The predicted molar refractivity (Wildman–Crippen MR) is 115 cm³/mol. The maximum atomic E-state index is 11.2. The van der Waals surface area contributed by atoms with Gasteiger partial charge in [0.15, 0.2) is 0 Å². The van der Waals surface area contributed by atoms with Crippen molar-refractivity contribution >= 4 is 11.4 Å². The lowest BCUT2D eigenvalue weighted by Crippen LogP contribution is -2.14. The SMILES string of the molecule is CN(C)c1ccc(C(c2ccc(N(C)C)cc2)[C@H](O)c2ccccc2)cc1. The molecule has 0 amide bonds. The van der Waals surface area contributed by atoms with E-state index in [2.05, 4.69) is 58.3 Å². The zero-order chi connectivity index (χ0) is 19.4. The van der Waals surface area contributed by atoms with Gasteiger partial charge in [-0.1, -0.05) is 54.6 Å². The van der Waals surface area contributed by atoms with Crippen LogP contribution in [-0.4, -0.2) is 33.3 Å². The van der Waals surface area contributed by atoms with Crippen LogP contribution in [0.2, 0.25) is 0 Å². The van der Waals surface area contributed by atoms with Crippen LogP contribution in [-0.2, 0) is 0 Å². The van der Waals surface area contributed by atoms with Crippen molar-refractivity contribution in [3.8, 4) is 0 Å². The number of benzene rings is 3. The van der Waals surface area contributed by atoms with E-state index in [1.807, 2.05) is 58.5 Å². The predicted octanol–water partition coefficient (Wildman–Crippen LogP) is 4.68. The third-order valence-electron chi connectivity index (χ3n) is 4.99. The van der Waals surface area contributed by atoms with Gasteiger partial charge in [-0.3, -0.25) is 0 Å². The summed E-state index contributed by atoms with van der Waals surface area (Å²) < 4.78 is 0. The standard InChI is InChI=1S/C24H28N2O/c1-25(2)21-14-10-18(11-15-21)23(24(27)20-8-6-5-7-9-20)19-12-16-22(17-13-19)26(3)4/h5-17,23-24,27H,1-4H3/t24-/m1/s1. The summed E-state index contributed by atoms with van der Waals surface area (Å²) in [6, 6.07) is 26.8. The molecule has 0 saturated carbocycles. The van der Waals surface area contributed by atoms with Crippen molar-refractivity contribution in [2.75, 3.05) is 38.0 Å². The molecule has 27 heavy (non-hydrogen) atoms. The molecule has 0 aliphatic rings. The summed E-state index contributed by atoms with van der Waals surface area (Å²) in [6.07, 6.45) is -0.610. The van der Waals surface area contributed by atoms with Gasteiger partial charge >= 0.3 is 0 Å². The molecule has 0 heterocycles. The summed E-state index contributed by atoms with van der Waals surface area (Å²) in [5, 5.41) is 11.2. The van der Waals surface area contributed by atoms with E-state index >= 15 is 0 Å². The zero-order valence-electron chi connectivity index (χ0n) is 16.5. The highest BCUT2D eigenvalue weighted by atomic mass is 16.3. The van der Waals surface area contributed by atoms with Gasteiger partial charge in [0.1, 0.15) is 0 Å². The maximum absolute atomic E-state index is 11.2. The van der Waals surface area contributed by atoms with Gasteiger partial charge in [-0.2, -0.15) is 0 Å². The quantitative estimate of drug-likeness (QED) is 0.691. The zero-order valence-corrected chi connectivity index (χ0v) is 16.5. The minimum Gasteiger partial charge on any atom is -0.387 e. The second-order valence-electron chi connectivity index (χ2n) is 7.31. The van der Waals surface area contributed by atoms with E-state index in [1.54, 1.807) is 0 Å². The van der Waals surface area contributed by atoms with Gasteiger partial charge in [-0.05, 0) is 41.0 Å². The lowest BCUT2D eigenvalue weighted by atomic mass is 9.83. The Morgan fingerprint density at radius 2 is 0.963 bits per heavy atom. The first-order valence-electron chi connectivity index (χ1n) is 9.25. The molecule has 0 saturated heterocycles. The average Bonchev–Trinajstić information content (AvgIpc) is 2.69. The maximum Gasteiger partial charge on any atom is 0.0899 e. The van der Waals surface area contributed by atoms with E-state index in [1.165, 1.54) is 0 Å². The summed E-state index contributed by atoms with van der Waals surface area (Å²) in [7, 11) is 8.13. The minimum atomic E-state index is -0.610. The summed E-state index contributed by atoms with van der Waals surface area (Å²) in [6.45, 7) is 0. The molecule has 1 atom stereocenters. The third-order valence-corrected chi connectivity index (χ3v) is 4.99. The van der Waals surface area contributed by atoms with E-state index in [0.29, 0.717) is 0 Å². The van der Waals surface area contributed by atoms with Gasteiger partial charge in [0.25, 0.3) is 0 Å². The van der Waals surface area contributed by atoms with E-state index in [-0.39, 0.29) is 5.92 Å². The Balaban J connectivity index is 2.03. The van der Waals surface area contributed by atoms with Crippen LogP contribution in [0.25, 0.3) is 0 Å². The average molecular weight is 361 g/mol. The van der Waals surface area contributed by atoms with Crippen molar-refractivity contribution in [1.29, 1.82) is 0 Å². The lowest BCUT2D eigenvalue weighted by Gasteiger charge is -2.26. The van der Waals surface area contributed by atoms with E-state index in [4.69, 9.17) is 0 Å². The number of rotatable bonds is 6. The van der Waals surface area contributed by atoms with Crippen molar-refractivity contribution in [3.63, 3.8) is 0 Å². The molecular weight excluding hydrogens is 332 g/mol. The number of nitrogens with zero attached hydrogens (tertiary/aromatic N) is 2. The fourth-order valence-electron chi connectivity index (χ4n) is 3.36. The van der Waals surface area contributed by atoms with E-state index in [0.717, 1.165) is 28.1 Å². The molecule has 0 unspecified atom stereocenters. The van der Waals surface area contributed by atoms with Crippen LogP contribution in [0, 0.1) is 0 Å². The molecular formula is C24H28N2O. The van der Waals surface area contributed by atoms with Gasteiger partial charge in [-0.15, -0.1) is 0 Å². The highest BCUT2D eigenvalue weighted by Gasteiger charge is 2.24. The Hall–Kier alpha value is -2.78. The summed E-state index contributed by atoms with van der Waals surface area (Å²) in [4.78, 5) is 4.16. The van der Waals surface area contributed by atoms with Gasteiger partial charge in [0.2, 0.25) is 0 Å². The number of aliphatic hydroxyl groups excluding tert-OH is 1. The van der Waals surface area contributed by atoms with Crippen LogP contribution in [0.3, 0.4) is 0 Å². The number of aliphatic hydroxyl groups is 1. The molecule has 0 radical (unpaired) electrons. The molecule has 1 N–H and O–H groups in total. The number of hydrogen-bond acceptors (Lipinski definition) is 3.